The van der Waals surface area contributed by atoms with E-state index in [0.29, 0.717) is 12.3 Å². The fourth-order valence-corrected chi connectivity index (χ4v) is 3.19. The molecule has 1 aliphatic rings. The Hall–Kier alpha value is -1.81. The normalized spacial score (nSPS) is 22.1. The highest BCUT2D eigenvalue weighted by Gasteiger charge is 2.33. The summed E-state index contributed by atoms with van der Waals surface area (Å²) in [6.07, 6.45) is 2.97. The number of furan rings is 1. The fraction of sp³-hybridized carbons (Fsp3) is 0.471. The van der Waals surface area contributed by atoms with Crippen LogP contribution in [-0.4, -0.2) is 35.1 Å². The molecule has 1 saturated heterocycles. The van der Waals surface area contributed by atoms with E-state index in [4.69, 9.17) is 4.42 Å². The summed E-state index contributed by atoms with van der Waals surface area (Å²) >= 11 is 0. The van der Waals surface area contributed by atoms with Gasteiger partial charge < -0.3 is 14.4 Å². The van der Waals surface area contributed by atoms with Crippen LogP contribution in [0.3, 0.4) is 0 Å². The number of aryl methyl sites for hydroxylation is 1. The van der Waals surface area contributed by atoms with E-state index in [1.807, 2.05) is 30.0 Å². The van der Waals surface area contributed by atoms with Crippen molar-refractivity contribution in [3.63, 3.8) is 0 Å². The third-order valence-electron chi connectivity index (χ3n) is 4.54. The molecule has 1 aromatic carbocycles. The van der Waals surface area contributed by atoms with Gasteiger partial charge in [-0.15, -0.1) is 0 Å². The lowest BCUT2D eigenvalue weighted by atomic mass is 10.0. The molecule has 4 heteroatoms. The topological polar surface area (TPSA) is 53.7 Å². The SMILES string of the molecule is Cc1ccc2c(CC(=O)N3CCC(C)C3CO)coc2c1. The van der Waals surface area contributed by atoms with Crippen molar-refractivity contribution >= 4 is 16.9 Å². The van der Waals surface area contributed by atoms with Gasteiger partial charge in [-0.3, -0.25) is 4.79 Å². The molecule has 4 nitrogen and oxygen atoms in total. The number of benzene rings is 1. The minimum absolute atomic E-state index is 0.0399. The Morgan fingerprint density at radius 3 is 3.05 bits per heavy atom. The van der Waals surface area contributed by atoms with Gasteiger partial charge in [-0.2, -0.15) is 0 Å². The van der Waals surface area contributed by atoms with E-state index in [9.17, 15) is 9.90 Å². The van der Waals surface area contributed by atoms with Gasteiger partial charge in [-0.25, -0.2) is 0 Å². The van der Waals surface area contributed by atoms with Crippen LogP contribution in [0, 0.1) is 12.8 Å². The van der Waals surface area contributed by atoms with Gasteiger partial charge in [-0.1, -0.05) is 19.1 Å². The van der Waals surface area contributed by atoms with Crippen molar-refractivity contribution in [2.45, 2.75) is 32.7 Å². The van der Waals surface area contributed by atoms with E-state index in [2.05, 4.69) is 6.92 Å². The standard InChI is InChI=1S/C17H21NO3/c1-11-3-4-14-13(10-21-16(14)7-11)8-17(20)18-6-5-12(2)15(18)9-19/h3-4,7,10,12,15,19H,5-6,8-9H2,1-2H3. The smallest absolute Gasteiger partial charge is 0.227 e. The molecule has 3 rings (SSSR count). The van der Waals surface area contributed by atoms with Gasteiger partial charge in [-0.05, 0) is 30.9 Å². The molecule has 1 amide bonds. The number of amides is 1. The first-order chi connectivity index (χ1) is 10.1. The molecule has 1 fully saturated rings. The van der Waals surface area contributed by atoms with Crippen LogP contribution in [0.5, 0.6) is 0 Å². The van der Waals surface area contributed by atoms with Gasteiger partial charge in [0.05, 0.1) is 25.3 Å². The van der Waals surface area contributed by atoms with Crippen LogP contribution in [-0.2, 0) is 11.2 Å². The van der Waals surface area contributed by atoms with Crippen LogP contribution in [0.2, 0.25) is 0 Å². The van der Waals surface area contributed by atoms with Crippen molar-refractivity contribution in [2.75, 3.05) is 13.2 Å². The average molecular weight is 287 g/mol. The van der Waals surface area contributed by atoms with E-state index in [1.54, 1.807) is 6.26 Å². The number of likely N-dealkylation sites (tertiary alicyclic amines) is 1. The molecular formula is C17H21NO3. The summed E-state index contributed by atoms with van der Waals surface area (Å²) < 4.78 is 5.55. The summed E-state index contributed by atoms with van der Waals surface area (Å²) in [6, 6.07) is 5.98. The van der Waals surface area contributed by atoms with Crippen molar-refractivity contribution < 1.29 is 14.3 Å². The molecule has 2 atom stereocenters. The van der Waals surface area contributed by atoms with Crippen LogP contribution < -0.4 is 0 Å². The molecule has 2 heterocycles. The van der Waals surface area contributed by atoms with Gasteiger partial charge in [0, 0.05) is 17.5 Å². The fourth-order valence-electron chi connectivity index (χ4n) is 3.19. The molecule has 0 spiro atoms. The van der Waals surface area contributed by atoms with E-state index >= 15 is 0 Å². The van der Waals surface area contributed by atoms with Crippen LogP contribution in [0.4, 0.5) is 0 Å². The predicted octanol–water partition coefficient (Wildman–Crippen LogP) is 2.51. The Bertz CT molecular complexity index is 661. The van der Waals surface area contributed by atoms with Crippen LogP contribution in [0.25, 0.3) is 11.0 Å². The van der Waals surface area contributed by atoms with Gasteiger partial charge in [0.15, 0.2) is 0 Å². The Kier molecular flexibility index (Phi) is 3.72. The van der Waals surface area contributed by atoms with Crippen LogP contribution in [0.15, 0.2) is 28.9 Å². The lowest BCUT2D eigenvalue weighted by molar-refractivity contribution is -0.132. The number of carbonyl (C=O) groups is 1. The van der Waals surface area contributed by atoms with Gasteiger partial charge in [0.2, 0.25) is 5.91 Å². The highest BCUT2D eigenvalue weighted by molar-refractivity contribution is 5.88. The second-order valence-electron chi connectivity index (χ2n) is 6.04. The number of aliphatic hydroxyl groups excluding tert-OH is 1. The number of hydrogen-bond donors (Lipinski definition) is 1. The number of carbonyl (C=O) groups excluding carboxylic acids is 1. The second-order valence-corrected chi connectivity index (χ2v) is 6.04. The number of fused-ring (bicyclic) bond motifs is 1. The highest BCUT2D eigenvalue weighted by atomic mass is 16.3. The van der Waals surface area contributed by atoms with Gasteiger partial charge >= 0.3 is 0 Å². The van der Waals surface area contributed by atoms with Crippen molar-refractivity contribution in [2.24, 2.45) is 5.92 Å². The maximum Gasteiger partial charge on any atom is 0.227 e. The summed E-state index contributed by atoms with van der Waals surface area (Å²) in [5, 5.41) is 10.5. The third kappa shape index (κ3) is 2.56. The number of nitrogens with zero attached hydrogens (tertiary/aromatic N) is 1. The molecule has 1 aliphatic heterocycles. The molecule has 0 radical (unpaired) electrons. The van der Waals surface area contributed by atoms with Crippen molar-refractivity contribution in [3.8, 4) is 0 Å². The molecule has 0 saturated carbocycles. The molecular weight excluding hydrogens is 266 g/mol. The van der Waals surface area contributed by atoms with Crippen molar-refractivity contribution in [1.29, 1.82) is 0 Å². The van der Waals surface area contributed by atoms with E-state index < -0.39 is 0 Å². The molecule has 1 aromatic heterocycles. The Labute approximate surface area is 124 Å². The third-order valence-corrected chi connectivity index (χ3v) is 4.54. The van der Waals surface area contributed by atoms with Crippen molar-refractivity contribution in [3.05, 3.63) is 35.6 Å². The summed E-state index contributed by atoms with van der Waals surface area (Å²) in [7, 11) is 0. The maximum absolute atomic E-state index is 12.5. The van der Waals surface area contributed by atoms with Gasteiger partial charge in [0.25, 0.3) is 0 Å². The molecule has 1 N–H and O–H groups in total. The highest BCUT2D eigenvalue weighted by Crippen LogP contribution is 2.27. The first-order valence-electron chi connectivity index (χ1n) is 7.47. The average Bonchev–Trinajstić information content (AvgIpc) is 3.02. The minimum atomic E-state index is -0.0436. The predicted molar refractivity (Wildman–Crippen MR) is 81.0 cm³/mol. The Morgan fingerprint density at radius 2 is 2.29 bits per heavy atom. The molecule has 2 unspecified atom stereocenters. The Balaban J connectivity index is 1.80. The zero-order valence-corrected chi connectivity index (χ0v) is 12.5. The van der Waals surface area contributed by atoms with E-state index in [0.717, 1.165) is 35.1 Å². The summed E-state index contributed by atoms with van der Waals surface area (Å²) in [5.74, 6) is 0.435. The zero-order valence-electron chi connectivity index (χ0n) is 12.5. The summed E-state index contributed by atoms with van der Waals surface area (Å²) in [6.45, 7) is 4.88. The summed E-state index contributed by atoms with van der Waals surface area (Å²) in [4.78, 5) is 14.3. The maximum atomic E-state index is 12.5. The van der Waals surface area contributed by atoms with Crippen LogP contribution in [0.1, 0.15) is 24.5 Å². The number of hydrogen-bond acceptors (Lipinski definition) is 3. The van der Waals surface area contributed by atoms with E-state index in [-0.39, 0.29) is 18.6 Å². The lowest BCUT2D eigenvalue weighted by Gasteiger charge is -2.25. The monoisotopic (exact) mass is 287 g/mol. The zero-order chi connectivity index (χ0) is 15.0. The largest absolute Gasteiger partial charge is 0.464 e. The van der Waals surface area contributed by atoms with Gasteiger partial charge in [0.1, 0.15) is 5.58 Å². The minimum Gasteiger partial charge on any atom is -0.464 e. The first kappa shape index (κ1) is 14.1. The summed E-state index contributed by atoms with van der Waals surface area (Å²) in [5.41, 5.74) is 2.89. The van der Waals surface area contributed by atoms with Crippen LogP contribution >= 0.6 is 0 Å². The molecule has 112 valence electrons. The second kappa shape index (κ2) is 5.53. The molecule has 2 aromatic rings. The lowest BCUT2D eigenvalue weighted by Crippen LogP contribution is -2.40. The first-order valence-corrected chi connectivity index (χ1v) is 7.47. The van der Waals surface area contributed by atoms with Crippen molar-refractivity contribution in [1.82, 2.24) is 4.90 Å². The Morgan fingerprint density at radius 1 is 1.48 bits per heavy atom. The molecule has 0 bridgehead atoms. The number of aliphatic hydroxyl groups is 1. The molecule has 21 heavy (non-hydrogen) atoms. The van der Waals surface area contributed by atoms with E-state index in [1.165, 1.54) is 0 Å². The number of rotatable bonds is 3. The molecule has 0 aliphatic carbocycles. The quantitative estimate of drug-likeness (QED) is 0.943.